The smallest absolute Gasteiger partial charge is 0.240 e. The Bertz CT molecular complexity index is 452. The van der Waals surface area contributed by atoms with Gasteiger partial charge in [0.25, 0.3) is 0 Å². The normalized spacial score (nSPS) is 26.2. The van der Waals surface area contributed by atoms with Gasteiger partial charge >= 0.3 is 0 Å². The Morgan fingerprint density at radius 1 is 1.47 bits per heavy atom. The lowest BCUT2D eigenvalue weighted by atomic mass is 9.89. The summed E-state index contributed by atoms with van der Waals surface area (Å²) < 4.78 is 5.48. The molecule has 3 atom stereocenters. The number of hydrogen-bond donors (Lipinski definition) is 4. The van der Waals surface area contributed by atoms with E-state index in [9.17, 15) is 4.79 Å². The van der Waals surface area contributed by atoms with Gasteiger partial charge in [0, 0.05) is 6.04 Å². The molecule has 6 heteroatoms. The number of ether oxygens (including phenoxy) is 1. The number of benzene rings is 1. The van der Waals surface area contributed by atoms with Crippen LogP contribution in [0.4, 0.5) is 0 Å². The summed E-state index contributed by atoms with van der Waals surface area (Å²) in [6.07, 6.45) is 0. The minimum atomic E-state index is -0.262. The Morgan fingerprint density at radius 2 is 2.26 bits per heavy atom. The largest absolute Gasteiger partial charge is 0.494 e. The zero-order valence-electron chi connectivity index (χ0n) is 11.1. The fraction of sp³-hybridized carbons (Fsp3) is 0.462. The number of carbonyl (C=O) groups is 1. The predicted octanol–water partition coefficient (Wildman–Crippen LogP) is 0.229. The van der Waals surface area contributed by atoms with E-state index in [1.807, 2.05) is 38.1 Å². The highest BCUT2D eigenvalue weighted by Crippen LogP contribution is 2.30. The van der Waals surface area contributed by atoms with E-state index < -0.39 is 0 Å². The molecule has 104 valence electrons. The molecule has 0 aliphatic carbocycles. The van der Waals surface area contributed by atoms with Gasteiger partial charge in [0.1, 0.15) is 5.75 Å². The summed E-state index contributed by atoms with van der Waals surface area (Å²) in [5, 5.41) is 0. The van der Waals surface area contributed by atoms with Gasteiger partial charge in [0.2, 0.25) is 5.91 Å². The summed E-state index contributed by atoms with van der Waals surface area (Å²) in [6, 6.07) is 7.61. The number of nitrogens with one attached hydrogen (secondary N) is 3. The third-order valence-electron chi connectivity index (χ3n) is 3.34. The first-order valence-electron chi connectivity index (χ1n) is 6.41. The molecule has 1 aliphatic heterocycles. The van der Waals surface area contributed by atoms with Gasteiger partial charge in [-0.05, 0) is 31.5 Å². The monoisotopic (exact) mass is 264 g/mol. The zero-order valence-corrected chi connectivity index (χ0v) is 11.1. The van der Waals surface area contributed by atoms with Crippen LogP contribution in [0.25, 0.3) is 0 Å². The SMILES string of the molecule is CCOc1cccc(C2NNC(C)C2C(=O)NN)c1. The second-order valence-electron chi connectivity index (χ2n) is 4.59. The Kier molecular flexibility index (Phi) is 4.36. The Hall–Kier alpha value is -1.63. The molecule has 5 N–H and O–H groups in total. The lowest BCUT2D eigenvalue weighted by Crippen LogP contribution is -2.41. The molecule has 3 unspecified atom stereocenters. The fourth-order valence-corrected chi connectivity index (χ4v) is 2.42. The minimum Gasteiger partial charge on any atom is -0.494 e. The van der Waals surface area contributed by atoms with Gasteiger partial charge in [-0.2, -0.15) is 0 Å². The van der Waals surface area contributed by atoms with E-state index in [2.05, 4.69) is 16.3 Å². The first kappa shape index (κ1) is 13.8. The van der Waals surface area contributed by atoms with Gasteiger partial charge in [0.15, 0.2) is 0 Å². The summed E-state index contributed by atoms with van der Waals surface area (Å²) in [4.78, 5) is 11.9. The van der Waals surface area contributed by atoms with Gasteiger partial charge in [-0.1, -0.05) is 12.1 Å². The quantitative estimate of drug-likeness (QED) is 0.355. The molecule has 0 saturated carbocycles. The highest BCUT2D eigenvalue weighted by Gasteiger charge is 2.39. The van der Waals surface area contributed by atoms with Crippen LogP contribution in [0.5, 0.6) is 5.75 Å². The van der Waals surface area contributed by atoms with Gasteiger partial charge in [-0.25, -0.2) is 11.3 Å². The number of amides is 1. The molecule has 0 radical (unpaired) electrons. The summed E-state index contributed by atoms with van der Waals surface area (Å²) in [5.74, 6) is 5.61. The van der Waals surface area contributed by atoms with Crippen molar-refractivity contribution in [3.05, 3.63) is 29.8 Å². The van der Waals surface area contributed by atoms with Crippen LogP contribution in [0.1, 0.15) is 25.5 Å². The second kappa shape index (κ2) is 6.01. The molecule has 1 amide bonds. The van der Waals surface area contributed by atoms with Gasteiger partial charge in [-0.3, -0.25) is 15.6 Å². The van der Waals surface area contributed by atoms with Crippen molar-refractivity contribution >= 4 is 5.91 Å². The Morgan fingerprint density at radius 3 is 2.95 bits per heavy atom. The molecule has 1 saturated heterocycles. The zero-order chi connectivity index (χ0) is 13.8. The van der Waals surface area contributed by atoms with Crippen LogP contribution in [-0.2, 0) is 4.79 Å². The van der Waals surface area contributed by atoms with Crippen LogP contribution in [-0.4, -0.2) is 18.6 Å². The summed E-state index contributed by atoms with van der Waals surface area (Å²) in [5.41, 5.74) is 9.44. The summed E-state index contributed by atoms with van der Waals surface area (Å²) in [7, 11) is 0. The van der Waals surface area contributed by atoms with Crippen molar-refractivity contribution in [1.29, 1.82) is 0 Å². The number of hydrogen-bond acceptors (Lipinski definition) is 5. The maximum Gasteiger partial charge on any atom is 0.240 e. The molecule has 6 nitrogen and oxygen atoms in total. The third-order valence-corrected chi connectivity index (χ3v) is 3.34. The molecule has 2 rings (SSSR count). The standard InChI is InChI=1S/C13H20N4O2/c1-3-19-10-6-4-5-9(7-10)12-11(13(18)15-14)8(2)16-17-12/h4-8,11-12,16-17H,3,14H2,1-2H3,(H,15,18). The maximum atomic E-state index is 11.9. The molecular weight excluding hydrogens is 244 g/mol. The van der Waals surface area contributed by atoms with E-state index in [1.54, 1.807) is 0 Å². The van der Waals surface area contributed by atoms with Crippen molar-refractivity contribution in [2.24, 2.45) is 11.8 Å². The van der Waals surface area contributed by atoms with Gasteiger partial charge in [0.05, 0.1) is 18.6 Å². The van der Waals surface area contributed by atoms with Crippen LogP contribution in [0.15, 0.2) is 24.3 Å². The van der Waals surface area contributed by atoms with Crippen LogP contribution >= 0.6 is 0 Å². The molecule has 1 aliphatic rings. The number of nitrogens with two attached hydrogens (primary N) is 1. The van der Waals surface area contributed by atoms with E-state index in [0.29, 0.717) is 6.61 Å². The van der Waals surface area contributed by atoms with Gasteiger partial charge < -0.3 is 4.74 Å². The van der Waals surface area contributed by atoms with E-state index in [1.165, 1.54) is 0 Å². The van der Waals surface area contributed by atoms with Crippen LogP contribution in [0, 0.1) is 5.92 Å². The lowest BCUT2D eigenvalue weighted by Gasteiger charge is -2.20. The molecule has 1 fully saturated rings. The first-order chi connectivity index (χ1) is 9.17. The number of carbonyl (C=O) groups excluding carboxylic acids is 1. The average Bonchev–Trinajstić information content (AvgIpc) is 2.80. The molecule has 0 spiro atoms. The van der Waals surface area contributed by atoms with Crippen LogP contribution in [0.2, 0.25) is 0 Å². The van der Waals surface area contributed by atoms with Crippen molar-refractivity contribution in [3.63, 3.8) is 0 Å². The van der Waals surface area contributed by atoms with Crippen LogP contribution < -0.4 is 26.9 Å². The van der Waals surface area contributed by atoms with E-state index in [0.717, 1.165) is 11.3 Å². The maximum absolute atomic E-state index is 11.9. The second-order valence-corrected chi connectivity index (χ2v) is 4.59. The number of rotatable bonds is 4. The molecule has 1 aromatic carbocycles. The highest BCUT2D eigenvalue weighted by atomic mass is 16.5. The van der Waals surface area contributed by atoms with E-state index >= 15 is 0 Å². The highest BCUT2D eigenvalue weighted by molar-refractivity contribution is 5.80. The Labute approximate surface area is 112 Å². The van der Waals surface area contributed by atoms with Crippen molar-refractivity contribution < 1.29 is 9.53 Å². The topological polar surface area (TPSA) is 88.4 Å². The third kappa shape index (κ3) is 2.86. The Balaban J connectivity index is 2.24. The van der Waals surface area contributed by atoms with Crippen molar-refractivity contribution in [3.8, 4) is 5.75 Å². The first-order valence-corrected chi connectivity index (χ1v) is 6.41. The number of hydrazine groups is 2. The van der Waals surface area contributed by atoms with Gasteiger partial charge in [-0.15, -0.1) is 0 Å². The predicted molar refractivity (Wildman–Crippen MR) is 71.9 cm³/mol. The van der Waals surface area contributed by atoms with Crippen molar-refractivity contribution in [2.75, 3.05) is 6.61 Å². The molecular formula is C13H20N4O2. The molecule has 1 aromatic rings. The molecule has 19 heavy (non-hydrogen) atoms. The van der Waals surface area contributed by atoms with Crippen LogP contribution in [0.3, 0.4) is 0 Å². The molecule has 0 bridgehead atoms. The lowest BCUT2D eigenvalue weighted by molar-refractivity contribution is -0.125. The van der Waals surface area contributed by atoms with E-state index in [-0.39, 0.29) is 23.9 Å². The van der Waals surface area contributed by atoms with Crippen molar-refractivity contribution in [1.82, 2.24) is 16.3 Å². The van der Waals surface area contributed by atoms with E-state index in [4.69, 9.17) is 10.6 Å². The minimum absolute atomic E-state index is 0.00398. The fourth-order valence-electron chi connectivity index (χ4n) is 2.42. The summed E-state index contributed by atoms with van der Waals surface area (Å²) in [6.45, 7) is 4.50. The average molecular weight is 264 g/mol. The molecule has 0 aromatic heterocycles. The summed E-state index contributed by atoms with van der Waals surface area (Å²) >= 11 is 0. The molecule has 1 heterocycles. The van der Waals surface area contributed by atoms with Crippen molar-refractivity contribution in [2.45, 2.75) is 25.9 Å².